The van der Waals surface area contributed by atoms with E-state index in [4.69, 9.17) is 21.1 Å². The normalized spacial score (nSPS) is 27.2. The molecule has 0 aromatic rings. The lowest BCUT2D eigenvalue weighted by Gasteiger charge is -2.38. The summed E-state index contributed by atoms with van der Waals surface area (Å²) in [6.07, 6.45) is 8.88. The fourth-order valence-electron chi connectivity index (χ4n) is 4.32. The molecule has 1 heterocycles. The van der Waals surface area contributed by atoms with Crippen LogP contribution in [-0.4, -0.2) is 45.7 Å². The molecule has 1 aliphatic carbocycles. The molecule has 154 valence electrons. The van der Waals surface area contributed by atoms with E-state index in [-0.39, 0.29) is 17.3 Å². The van der Waals surface area contributed by atoms with Crippen LogP contribution in [0, 0.1) is 11.8 Å². The Bertz CT molecular complexity index is 527. The Hall–Kier alpha value is -0.750. The predicted octanol–water partition coefficient (Wildman–Crippen LogP) is 4.99. The summed E-state index contributed by atoms with van der Waals surface area (Å²) in [6, 6.07) is 0. The van der Waals surface area contributed by atoms with E-state index in [9.17, 15) is 4.39 Å². The first-order chi connectivity index (χ1) is 13.0. The van der Waals surface area contributed by atoms with Gasteiger partial charge in [-0.3, -0.25) is 4.99 Å². The maximum atomic E-state index is 13.1. The Morgan fingerprint density at radius 3 is 2.56 bits per heavy atom. The Labute approximate surface area is 168 Å². The zero-order valence-corrected chi connectivity index (χ0v) is 17.5. The smallest absolute Gasteiger partial charge is 0.0984 e. The van der Waals surface area contributed by atoms with Crippen molar-refractivity contribution in [1.29, 1.82) is 0 Å². The van der Waals surface area contributed by atoms with E-state index in [1.165, 1.54) is 13.0 Å². The number of methoxy groups -OCH3 is 1. The molecule has 27 heavy (non-hydrogen) atoms. The molecule has 2 rings (SSSR count). The maximum Gasteiger partial charge on any atom is 0.0984 e. The van der Waals surface area contributed by atoms with Crippen LogP contribution >= 0.6 is 11.6 Å². The largest absolute Gasteiger partial charge is 0.383 e. The molecule has 0 atom stereocenters. The van der Waals surface area contributed by atoms with Crippen LogP contribution in [0.15, 0.2) is 27.6 Å². The highest BCUT2D eigenvalue weighted by Crippen LogP contribution is 2.37. The Morgan fingerprint density at radius 1 is 1.33 bits per heavy atom. The van der Waals surface area contributed by atoms with E-state index >= 15 is 0 Å². The highest BCUT2D eigenvalue weighted by Gasteiger charge is 2.32. The van der Waals surface area contributed by atoms with Gasteiger partial charge in [0.05, 0.1) is 23.2 Å². The van der Waals surface area contributed by atoms with E-state index in [2.05, 4.69) is 17.0 Å². The van der Waals surface area contributed by atoms with E-state index in [0.29, 0.717) is 11.0 Å². The first-order valence-corrected chi connectivity index (χ1v) is 10.4. The third-order valence-electron chi connectivity index (χ3n) is 5.90. The average Bonchev–Trinajstić information content (AvgIpc) is 2.64. The molecule has 4 nitrogen and oxygen atoms in total. The number of halogens is 2. The molecule has 1 aliphatic heterocycles. The third-order valence-corrected chi connectivity index (χ3v) is 6.20. The lowest BCUT2D eigenvalue weighted by molar-refractivity contribution is 0.0000219. The van der Waals surface area contributed by atoms with Gasteiger partial charge in [-0.05, 0) is 77.1 Å². The van der Waals surface area contributed by atoms with Gasteiger partial charge in [0, 0.05) is 31.8 Å². The van der Waals surface area contributed by atoms with Gasteiger partial charge < -0.3 is 14.8 Å². The molecule has 1 saturated heterocycles. The number of aliphatic imine (C=N–C) groups is 1. The number of rotatable bonds is 9. The SMILES string of the molecule is C=N/C(=C(Cl)\C=C(/C)F)[C@H]1CC[C@H](CCNC2(COC)CCOCC2)CC1. The second-order valence-corrected chi connectivity index (χ2v) is 8.29. The Kier molecular flexibility index (Phi) is 9.43. The second kappa shape index (κ2) is 11.3. The van der Waals surface area contributed by atoms with Crippen molar-refractivity contribution >= 4 is 18.3 Å². The fourth-order valence-corrected chi connectivity index (χ4v) is 4.69. The molecule has 1 N–H and O–H groups in total. The van der Waals surface area contributed by atoms with Gasteiger partial charge in [0.15, 0.2) is 0 Å². The first kappa shape index (κ1) is 22.5. The minimum atomic E-state index is -0.306. The minimum Gasteiger partial charge on any atom is -0.383 e. The van der Waals surface area contributed by atoms with Gasteiger partial charge >= 0.3 is 0 Å². The average molecular weight is 401 g/mol. The van der Waals surface area contributed by atoms with E-state index < -0.39 is 0 Å². The monoisotopic (exact) mass is 400 g/mol. The molecule has 0 bridgehead atoms. The topological polar surface area (TPSA) is 42.9 Å². The van der Waals surface area contributed by atoms with Crippen LogP contribution in [0.5, 0.6) is 0 Å². The van der Waals surface area contributed by atoms with Crippen LogP contribution < -0.4 is 5.32 Å². The molecule has 2 fully saturated rings. The zero-order chi connectivity index (χ0) is 19.7. The van der Waals surface area contributed by atoms with E-state index in [1.807, 2.05) is 0 Å². The first-order valence-electron chi connectivity index (χ1n) is 10.0. The van der Waals surface area contributed by atoms with E-state index in [0.717, 1.165) is 77.0 Å². The summed E-state index contributed by atoms with van der Waals surface area (Å²) >= 11 is 6.22. The van der Waals surface area contributed by atoms with E-state index in [1.54, 1.807) is 7.11 Å². The standard InChI is InChI=1S/C21H34ClFN2O2/c1-16(23)14-19(22)20(24-2)18-6-4-17(5-7-18)8-11-25-21(15-26-3)9-12-27-13-10-21/h14,17-18,25H,2,4-13,15H2,1,3H3/b16-14+,20-19+/t17-,18-. The van der Waals surface area contributed by atoms with Gasteiger partial charge in [0.25, 0.3) is 0 Å². The van der Waals surface area contributed by atoms with Crippen molar-refractivity contribution < 1.29 is 13.9 Å². The lowest BCUT2D eigenvalue weighted by Crippen LogP contribution is -2.53. The Balaban J connectivity index is 1.80. The van der Waals surface area contributed by atoms with Gasteiger partial charge in [-0.1, -0.05) is 11.6 Å². The van der Waals surface area contributed by atoms with Crippen LogP contribution in [-0.2, 0) is 9.47 Å². The van der Waals surface area contributed by atoms with Crippen molar-refractivity contribution in [3.8, 4) is 0 Å². The molecule has 0 aromatic carbocycles. The predicted molar refractivity (Wildman–Crippen MR) is 110 cm³/mol. The quantitative estimate of drug-likeness (QED) is 0.437. The van der Waals surface area contributed by atoms with Crippen molar-refractivity contribution in [2.75, 3.05) is 33.5 Å². The number of ether oxygens (including phenoxy) is 2. The zero-order valence-electron chi connectivity index (χ0n) is 16.7. The summed E-state index contributed by atoms with van der Waals surface area (Å²) in [6.45, 7) is 8.38. The lowest BCUT2D eigenvalue weighted by atomic mass is 9.79. The van der Waals surface area contributed by atoms with Gasteiger partial charge in [-0.15, -0.1) is 0 Å². The van der Waals surface area contributed by atoms with Crippen LogP contribution in [0.4, 0.5) is 4.39 Å². The minimum absolute atomic E-state index is 0.0664. The summed E-state index contributed by atoms with van der Waals surface area (Å²) in [5.74, 6) is 0.681. The molecular weight excluding hydrogens is 367 g/mol. The van der Waals surface area contributed by atoms with Crippen molar-refractivity contribution in [3.05, 3.63) is 22.6 Å². The summed E-state index contributed by atoms with van der Waals surface area (Å²) in [4.78, 5) is 4.09. The Morgan fingerprint density at radius 2 is 2.00 bits per heavy atom. The van der Waals surface area contributed by atoms with Crippen LogP contribution in [0.2, 0.25) is 0 Å². The molecule has 0 radical (unpaired) electrons. The molecule has 0 spiro atoms. The van der Waals surface area contributed by atoms with Gasteiger partial charge in [-0.25, -0.2) is 4.39 Å². The number of nitrogens with zero attached hydrogens (tertiary/aromatic N) is 1. The highest BCUT2D eigenvalue weighted by atomic mass is 35.5. The summed E-state index contributed by atoms with van der Waals surface area (Å²) in [5, 5.41) is 4.14. The summed E-state index contributed by atoms with van der Waals surface area (Å²) < 4.78 is 24.1. The number of hydrogen-bond acceptors (Lipinski definition) is 4. The van der Waals surface area contributed by atoms with Crippen molar-refractivity contribution in [3.63, 3.8) is 0 Å². The maximum absolute atomic E-state index is 13.1. The summed E-state index contributed by atoms with van der Waals surface area (Å²) in [5.41, 5.74) is 0.809. The number of allylic oxidation sites excluding steroid dienone is 4. The molecule has 6 heteroatoms. The van der Waals surface area contributed by atoms with Crippen LogP contribution in [0.3, 0.4) is 0 Å². The van der Waals surface area contributed by atoms with Crippen molar-refractivity contribution in [2.24, 2.45) is 16.8 Å². The van der Waals surface area contributed by atoms with Gasteiger partial charge in [0.2, 0.25) is 0 Å². The number of nitrogens with one attached hydrogen (secondary N) is 1. The van der Waals surface area contributed by atoms with Crippen LogP contribution in [0.25, 0.3) is 0 Å². The number of hydrogen-bond donors (Lipinski definition) is 1. The fraction of sp³-hybridized carbons (Fsp3) is 0.762. The molecule has 0 aromatic heterocycles. The molecule has 2 aliphatic rings. The molecular formula is C21H34ClFN2O2. The third kappa shape index (κ3) is 6.97. The molecule has 0 amide bonds. The van der Waals surface area contributed by atoms with Gasteiger partial charge in [-0.2, -0.15) is 0 Å². The molecule has 1 saturated carbocycles. The van der Waals surface area contributed by atoms with Crippen molar-refractivity contribution in [2.45, 2.75) is 57.4 Å². The van der Waals surface area contributed by atoms with Crippen LogP contribution in [0.1, 0.15) is 51.9 Å². The summed E-state index contributed by atoms with van der Waals surface area (Å²) in [7, 11) is 1.77. The second-order valence-electron chi connectivity index (χ2n) is 7.88. The highest BCUT2D eigenvalue weighted by molar-refractivity contribution is 6.31. The van der Waals surface area contributed by atoms with Gasteiger partial charge in [0.1, 0.15) is 0 Å². The molecule has 0 unspecified atom stereocenters. The van der Waals surface area contributed by atoms with Crippen molar-refractivity contribution in [1.82, 2.24) is 5.32 Å².